The highest BCUT2D eigenvalue weighted by Gasteiger charge is 2.25. The molecule has 1 fully saturated rings. The average Bonchev–Trinajstić information content (AvgIpc) is 2.51. The van der Waals surface area contributed by atoms with E-state index in [1.165, 1.54) is 12.7 Å². The normalized spacial score (nSPS) is 23.0. The van der Waals surface area contributed by atoms with Gasteiger partial charge in [-0.1, -0.05) is 30.3 Å². The number of methoxy groups -OCH3 is 1. The highest BCUT2D eigenvalue weighted by atomic mass is 16.5. The Morgan fingerprint density at radius 2 is 2.10 bits per heavy atom. The molecule has 1 aromatic rings. The first kappa shape index (κ1) is 16.0. The number of esters is 1. The van der Waals surface area contributed by atoms with Crippen LogP contribution in [0, 0.1) is 5.92 Å². The number of benzene rings is 1. The lowest BCUT2D eigenvalue weighted by molar-refractivity contribution is -0.141. The molecule has 1 saturated heterocycles. The Labute approximate surface area is 127 Å². The van der Waals surface area contributed by atoms with Crippen LogP contribution >= 0.6 is 0 Å². The summed E-state index contributed by atoms with van der Waals surface area (Å²) in [7, 11) is 3.61. The second-order valence-electron chi connectivity index (χ2n) is 6.00. The summed E-state index contributed by atoms with van der Waals surface area (Å²) in [4.78, 5) is 13.6. The fourth-order valence-electron chi connectivity index (χ4n) is 3.08. The molecule has 4 heteroatoms. The fourth-order valence-corrected chi connectivity index (χ4v) is 3.08. The topological polar surface area (TPSA) is 41.6 Å². The monoisotopic (exact) mass is 290 g/mol. The van der Waals surface area contributed by atoms with Crippen LogP contribution in [-0.4, -0.2) is 44.2 Å². The lowest BCUT2D eigenvalue weighted by atomic mass is 9.90. The third-order valence-electron chi connectivity index (χ3n) is 4.14. The largest absolute Gasteiger partial charge is 0.469 e. The minimum Gasteiger partial charge on any atom is -0.469 e. The Hall–Kier alpha value is -1.39. The number of hydrogen-bond acceptors (Lipinski definition) is 4. The molecular weight excluding hydrogens is 264 g/mol. The van der Waals surface area contributed by atoms with E-state index in [4.69, 9.17) is 4.74 Å². The van der Waals surface area contributed by atoms with Crippen molar-refractivity contribution in [2.75, 3.05) is 27.2 Å². The van der Waals surface area contributed by atoms with Gasteiger partial charge in [-0.3, -0.25) is 4.79 Å². The van der Waals surface area contributed by atoms with Gasteiger partial charge in [-0.25, -0.2) is 0 Å². The Bertz CT molecular complexity index is 436. The van der Waals surface area contributed by atoms with Gasteiger partial charge >= 0.3 is 5.97 Å². The zero-order valence-corrected chi connectivity index (χ0v) is 13.0. The van der Waals surface area contributed by atoms with E-state index in [2.05, 4.69) is 41.5 Å². The highest BCUT2D eigenvalue weighted by molar-refractivity contribution is 5.69. The maximum absolute atomic E-state index is 11.3. The van der Waals surface area contributed by atoms with Crippen molar-refractivity contribution in [3.63, 3.8) is 0 Å². The molecule has 116 valence electrons. The van der Waals surface area contributed by atoms with Crippen LogP contribution in [0.4, 0.5) is 0 Å². The van der Waals surface area contributed by atoms with Crippen molar-refractivity contribution < 1.29 is 9.53 Å². The minimum absolute atomic E-state index is 0.1000. The van der Waals surface area contributed by atoms with E-state index in [0.29, 0.717) is 18.4 Å². The van der Waals surface area contributed by atoms with Gasteiger partial charge in [-0.2, -0.15) is 0 Å². The Kier molecular flexibility index (Phi) is 6.21. The molecule has 4 nitrogen and oxygen atoms in total. The van der Waals surface area contributed by atoms with Crippen LogP contribution in [0.1, 0.15) is 24.8 Å². The quantitative estimate of drug-likeness (QED) is 0.814. The summed E-state index contributed by atoms with van der Waals surface area (Å²) >= 11 is 0. The summed E-state index contributed by atoms with van der Waals surface area (Å²) in [5, 5.41) is 3.64. The fraction of sp³-hybridized carbons (Fsp3) is 0.588. The van der Waals surface area contributed by atoms with E-state index < -0.39 is 0 Å². The maximum atomic E-state index is 11.3. The number of piperidine rings is 1. The summed E-state index contributed by atoms with van der Waals surface area (Å²) in [5.74, 6) is 0.466. The van der Waals surface area contributed by atoms with Crippen molar-refractivity contribution in [1.29, 1.82) is 0 Å². The number of likely N-dealkylation sites (N-methyl/N-ethyl adjacent to an activating group) is 1. The molecule has 1 aliphatic rings. The van der Waals surface area contributed by atoms with E-state index in [1.54, 1.807) is 0 Å². The predicted molar refractivity (Wildman–Crippen MR) is 83.9 cm³/mol. The van der Waals surface area contributed by atoms with Crippen LogP contribution in [0.15, 0.2) is 30.3 Å². The molecule has 0 aromatic heterocycles. The van der Waals surface area contributed by atoms with E-state index in [0.717, 1.165) is 32.5 Å². The summed E-state index contributed by atoms with van der Waals surface area (Å²) in [6.07, 6.45) is 2.58. The van der Waals surface area contributed by atoms with Crippen LogP contribution in [0.5, 0.6) is 0 Å². The summed E-state index contributed by atoms with van der Waals surface area (Å²) in [6, 6.07) is 11.0. The van der Waals surface area contributed by atoms with Crippen LogP contribution < -0.4 is 5.32 Å². The van der Waals surface area contributed by atoms with Gasteiger partial charge in [-0.15, -0.1) is 0 Å². The van der Waals surface area contributed by atoms with Crippen LogP contribution in [0.3, 0.4) is 0 Å². The summed E-state index contributed by atoms with van der Waals surface area (Å²) in [6.45, 7) is 3.05. The first-order chi connectivity index (χ1) is 10.2. The maximum Gasteiger partial charge on any atom is 0.305 e. The van der Waals surface area contributed by atoms with Crippen molar-refractivity contribution in [3.8, 4) is 0 Å². The molecule has 21 heavy (non-hydrogen) atoms. The van der Waals surface area contributed by atoms with Gasteiger partial charge in [0.25, 0.3) is 0 Å². The second-order valence-corrected chi connectivity index (χ2v) is 6.00. The SMILES string of the molecule is COC(=O)CCC1CC(NCc2ccccc2)CN(C)C1. The van der Waals surface area contributed by atoms with E-state index >= 15 is 0 Å². The second kappa shape index (κ2) is 8.15. The number of rotatable bonds is 6. The molecule has 2 atom stereocenters. The van der Waals surface area contributed by atoms with Gasteiger partial charge in [-0.05, 0) is 31.4 Å². The molecule has 1 heterocycles. The molecule has 0 bridgehead atoms. The number of ether oxygens (including phenoxy) is 1. The molecule has 2 rings (SSSR count). The predicted octanol–water partition coefficient (Wildman–Crippen LogP) is 2.05. The van der Waals surface area contributed by atoms with E-state index in [1.807, 2.05) is 6.07 Å². The zero-order chi connectivity index (χ0) is 15.1. The van der Waals surface area contributed by atoms with E-state index in [9.17, 15) is 4.79 Å². The van der Waals surface area contributed by atoms with Gasteiger partial charge < -0.3 is 15.0 Å². The average molecular weight is 290 g/mol. The van der Waals surface area contributed by atoms with Crippen LogP contribution in [0.2, 0.25) is 0 Å². The first-order valence-electron chi connectivity index (χ1n) is 7.70. The Morgan fingerprint density at radius 1 is 1.33 bits per heavy atom. The molecule has 2 unspecified atom stereocenters. The number of likely N-dealkylation sites (tertiary alicyclic amines) is 1. The molecule has 1 N–H and O–H groups in total. The third-order valence-corrected chi connectivity index (χ3v) is 4.14. The van der Waals surface area contributed by atoms with Crippen molar-refractivity contribution >= 4 is 5.97 Å². The molecule has 1 aromatic carbocycles. The van der Waals surface area contributed by atoms with Crippen LogP contribution in [-0.2, 0) is 16.1 Å². The van der Waals surface area contributed by atoms with Gasteiger partial charge in [0, 0.05) is 32.1 Å². The minimum atomic E-state index is -0.1000. The number of carbonyl (C=O) groups is 1. The molecule has 0 aliphatic carbocycles. The summed E-state index contributed by atoms with van der Waals surface area (Å²) in [5.41, 5.74) is 1.32. The van der Waals surface area contributed by atoms with E-state index in [-0.39, 0.29) is 5.97 Å². The molecule has 0 radical (unpaired) electrons. The number of hydrogen-bond donors (Lipinski definition) is 1. The lowest BCUT2D eigenvalue weighted by Crippen LogP contribution is -2.47. The summed E-state index contributed by atoms with van der Waals surface area (Å²) < 4.78 is 4.73. The van der Waals surface area contributed by atoms with Crippen molar-refractivity contribution in [2.45, 2.75) is 31.8 Å². The van der Waals surface area contributed by atoms with Crippen molar-refractivity contribution in [2.24, 2.45) is 5.92 Å². The zero-order valence-electron chi connectivity index (χ0n) is 13.0. The smallest absolute Gasteiger partial charge is 0.305 e. The lowest BCUT2D eigenvalue weighted by Gasteiger charge is -2.36. The number of nitrogens with zero attached hydrogens (tertiary/aromatic N) is 1. The molecular formula is C17H26N2O2. The molecule has 0 saturated carbocycles. The number of nitrogens with one attached hydrogen (secondary N) is 1. The number of carbonyl (C=O) groups excluding carboxylic acids is 1. The van der Waals surface area contributed by atoms with Crippen molar-refractivity contribution in [3.05, 3.63) is 35.9 Å². The van der Waals surface area contributed by atoms with Gasteiger partial charge in [0.1, 0.15) is 0 Å². The van der Waals surface area contributed by atoms with Crippen LogP contribution in [0.25, 0.3) is 0 Å². The third kappa shape index (κ3) is 5.48. The van der Waals surface area contributed by atoms with Gasteiger partial charge in [0.05, 0.1) is 7.11 Å². The van der Waals surface area contributed by atoms with Gasteiger partial charge in [0.15, 0.2) is 0 Å². The first-order valence-corrected chi connectivity index (χ1v) is 7.70. The molecule has 0 spiro atoms. The molecule has 0 amide bonds. The van der Waals surface area contributed by atoms with Crippen molar-refractivity contribution in [1.82, 2.24) is 10.2 Å². The highest BCUT2D eigenvalue weighted by Crippen LogP contribution is 2.21. The Balaban J connectivity index is 1.78. The van der Waals surface area contributed by atoms with Gasteiger partial charge in [0.2, 0.25) is 0 Å². The molecule has 1 aliphatic heterocycles. The Morgan fingerprint density at radius 3 is 2.81 bits per heavy atom. The standard InChI is InChI=1S/C17H26N2O2/c1-19-12-15(8-9-17(20)21-2)10-16(13-19)18-11-14-6-4-3-5-7-14/h3-7,15-16,18H,8-13H2,1-2H3.